The number of aliphatic imine (C=N–C) groups is 1. The molecule has 2 saturated heterocycles. The largest absolute Gasteiger partial charge is 1.00 e. The molecule has 5 atom stereocenters. The van der Waals surface area contributed by atoms with Crippen LogP contribution >= 0.6 is 11.8 Å². The number of hydrogen-bond donors (Lipinski definition) is 6. The molecule has 0 bridgehead atoms. The molecule has 6 N–H and O–H groups in total. The van der Waals surface area contributed by atoms with Crippen LogP contribution in [-0.2, 0) is 19.2 Å². The Morgan fingerprint density at radius 3 is 2.22 bits per heavy atom. The zero-order valence-electron chi connectivity index (χ0n) is 27.7. The van der Waals surface area contributed by atoms with Crippen molar-refractivity contribution in [3.63, 3.8) is 0 Å². The number of carboxylic acids is 1. The number of carbonyl (C=O) groups is 5. The van der Waals surface area contributed by atoms with Crippen molar-refractivity contribution >= 4 is 52.9 Å². The number of carboxylic acid groups (broad SMARTS) is 1. The molecule has 17 heteroatoms. The van der Waals surface area contributed by atoms with Crippen molar-refractivity contribution in [1.29, 1.82) is 0 Å². The third kappa shape index (κ3) is 7.88. The molecule has 256 valence electrons. The number of amides is 4. The molecule has 4 amide bonds. The van der Waals surface area contributed by atoms with Crippen LogP contribution in [-0.4, -0.2) is 83.8 Å². The molecule has 5 rings (SSSR count). The molecule has 2 aliphatic rings. The van der Waals surface area contributed by atoms with Crippen molar-refractivity contribution in [2.75, 3.05) is 5.32 Å². The maximum atomic E-state index is 13.6. The molecule has 3 aromatic rings. The van der Waals surface area contributed by atoms with Gasteiger partial charge < -0.3 is 41.2 Å². The van der Waals surface area contributed by atoms with E-state index in [0.29, 0.717) is 16.9 Å². The van der Waals surface area contributed by atoms with Gasteiger partial charge in [0.2, 0.25) is 17.7 Å². The first-order valence-corrected chi connectivity index (χ1v) is 15.9. The molecule has 15 nitrogen and oxygen atoms in total. The molecule has 0 spiro atoms. The number of anilines is 1. The summed E-state index contributed by atoms with van der Waals surface area (Å²) in [5, 5.41) is 37.8. The van der Waals surface area contributed by atoms with Crippen LogP contribution in [0.4, 0.5) is 5.69 Å². The number of aromatic nitrogens is 1. The average Bonchev–Trinajstić information content (AvgIpc) is 3.30. The Balaban J connectivity index is 0.00000562. The minimum absolute atomic E-state index is 0. The van der Waals surface area contributed by atoms with Crippen molar-refractivity contribution in [3.8, 4) is 17.0 Å². The Labute approximate surface area is 312 Å². The fourth-order valence-electron chi connectivity index (χ4n) is 5.69. The molecule has 3 heterocycles. The third-order valence-electron chi connectivity index (χ3n) is 8.11. The van der Waals surface area contributed by atoms with Gasteiger partial charge in [-0.05, 0) is 81.1 Å². The minimum Gasteiger partial charge on any atom is -0.862 e. The van der Waals surface area contributed by atoms with Crippen LogP contribution in [0.1, 0.15) is 49.7 Å². The van der Waals surface area contributed by atoms with E-state index >= 15 is 0 Å². The summed E-state index contributed by atoms with van der Waals surface area (Å²) in [6.45, 7) is 6.15. The van der Waals surface area contributed by atoms with Gasteiger partial charge >= 0.3 is 35.5 Å². The maximum absolute atomic E-state index is 13.6. The van der Waals surface area contributed by atoms with Gasteiger partial charge in [0.05, 0.1) is 0 Å². The monoisotopic (exact) mass is 712 g/mol. The van der Waals surface area contributed by atoms with Crippen molar-refractivity contribution in [3.05, 3.63) is 82.1 Å². The first-order valence-electron chi connectivity index (χ1n) is 15.1. The van der Waals surface area contributed by atoms with Crippen LogP contribution in [0.25, 0.3) is 11.3 Å². The smallest absolute Gasteiger partial charge is 0.862 e. The summed E-state index contributed by atoms with van der Waals surface area (Å²) >= 11 is 1.25. The van der Waals surface area contributed by atoms with Crippen molar-refractivity contribution in [1.82, 2.24) is 20.5 Å². The second kappa shape index (κ2) is 15.1. The van der Waals surface area contributed by atoms with Crippen LogP contribution in [0.2, 0.25) is 0 Å². The molecule has 50 heavy (non-hydrogen) atoms. The number of carbonyl (C=O) groups excluding carboxylic acids is 4. The number of nitrogens with one attached hydrogen (secondary N) is 4. The van der Waals surface area contributed by atoms with E-state index in [1.54, 1.807) is 38.1 Å². The van der Waals surface area contributed by atoms with Gasteiger partial charge in [-0.15, -0.1) is 11.8 Å². The van der Waals surface area contributed by atoms with Crippen LogP contribution < -0.4 is 56.2 Å². The number of rotatable bonds is 10. The van der Waals surface area contributed by atoms with Gasteiger partial charge in [-0.2, -0.15) is 0 Å². The predicted molar refractivity (Wildman–Crippen MR) is 178 cm³/mol. The molecule has 0 radical (unpaired) electrons. The third-order valence-corrected chi connectivity index (χ3v) is 9.68. The molecule has 0 saturated carbocycles. The molecular weight excluding hydrogens is 679 g/mol. The average molecular weight is 713 g/mol. The number of hydrogen-bond acceptors (Lipinski definition) is 10. The number of H-pyrrole nitrogens is 1. The van der Waals surface area contributed by atoms with Gasteiger partial charge in [0.25, 0.3) is 11.5 Å². The number of fused-ring (bicyclic) bond motifs is 1. The molecule has 1 aromatic heterocycles. The van der Waals surface area contributed by atoms with Gasteiger partial charge in [0.15, 0.2) is 0 Å². The Morgan fingerprint density at radius 2 is 1.64 bits per heavy atom. The van der Waals surface area contributed by atoms with Crippen LogP contribution in [0.3, 0.4) is 0 Å². The first-order chi connectivity index (χ1) is 23.1. The Kier molecular flexibility index (Phi) is 11.5. The van der Waals surface area contributed by atoms with Gasteiger partial charge in [0, 0.05) is 16.1 Å². The molecule has 2 aromatic carbocycles. The standard InChI is InChI=1S/C33H34N6O9S.Na/c1-15(34-16(2)40)26(42)35-19-9-5-17(6-10-19)22-14-13-21(27(43)36-22)28(44)37-23(18-7-11-20(41)12-8-18)29(45)38-24-30(46)39-25(32(47)48)33(3,4)49-31(24)39;/h5-15,23-25,31,41H,1-4H3,(H,34,40)(H,35,42)(H,36,43)(H,37,44)(H,38,45)(H,47,48);/q;+1/p-1/t15-,23+,24?,25-,31+;/m0./s1. The number of nitrogens with zero attached hydrogens (tertiary/aromatic N) is 2. The van der Waals surface area contributed by atoms with E-state index in [4.69, 9.17) is 0 Å². The zero-order chi connectivity index (χ0) is 35.8. The number of phenols is 1. The zero-order valence-corrected chi connectivity index (χ0v) is 30.5. The number of aromatic hydroxyl groups is 1. The SMILES string of the molecule is CC([O-])=N[C@@H](C)C(=O)Nc1ccc(-c2ccc(C(=O)N[C@@H](C(=O)NC3C(=O)N4[C@@H]3SC(C)(C)[C@@H]4C(=O)O)c3ccc(O)cc3)c(=O)[nH]2)cc1.[Na+]. The summed E-state index contributed by atoms with van der Waals surface area (Å²) in [4.78, 5) is 84.7. The maximum Gasteiger partial charge on any atom is 1.00 e. The summed E-state index contributed by atoms with van der Waals surface area (Å²) in [6, 6.07) is 10.3. The summed E-state index contributed by atoms with van der Waals surface area (Å²) in [5.41, 5.74) is 0.532. The first kappa shape index (κ1) is 38.2. The van der Waals surface area contributed by atoms with E-state index in [1.165, 1.54) is 66.9 Å². The van der Waals surface area contributed by atoms with Gasteiger partial charge in [-0.1, -0.05) is 24.3 Å². The van der Waals surface area contributed by atoms with E-state index in [9.17, 15) is 44.1 Å². The van der Waals surface area contributed by atoms with E-state index < -0.39 is 75.3 Å². The quantitative estimate of drug-likeness (QED) is 0.0584. The Hall–Kier alpha value is -4.64. The van der Waals surface area contributed by atoms with Crippen molar-refractivity contribution in [2.45, 2.75) is 62.0 Å². The number of phenolic OH excluding ortho intramolecular Hbond substituents is 1. The number of β-lactam (4-membered cyclic amide) rings is 1. The topological polar surface area (TPSA) is 233 Å². The number of aliphatic carboxylic acids is 1. The van der Waals surface area contributed by atoms with Gasteiger partial charge in [0.1, 0.15) is 40.9 Å². The molecule has 1 unspecified atom stereocenters. The van der Waals surface area contributed by atoms with Crippen LogP contribution in [0.5, 0.6) is 5.75 Å². The summed E-state index contributed by atoms with van der Waals surface area (Å²) < 4.78 is -0.812. The number of aromatic amines is 1. The second-order valence-corrected chi connectivity index (χ2v) is 13.9. The summed E-state index contributed by atoms with van der Waals surface area (Å²) in [6.07, 6.45) is 0. The van der Waals surface area contributed by atoms with Crippen molar-refractivity contribution < 1.29 is 68.8 Å². The fourth-order valence-corrected chi connectivity index (χ4v) is 7.32. The van der Waals surface area contributed by atoms with Gasteiger partial charge in [-0.3, -0.25) is 29.0 Å². The second-order valence-electron chi connectivity index (χ2n) is 12.1. The normalized spacial score (nSPS) is 20.3. The van der Waals surface area contributed by atoms with E-state index in [-0.39, 0.29) is 46.4 Å². The van der Waals surface area contributed by atoms with Crippen molar-refractivity contribution in [2.24, 2.45) is 4.99 Å². The van der Waals surface area contributed by atoms with E-state index in [1.807, 2.05) is 0 Å². The summed E-state index contributed by atoms with van der Waals surface area (Å²) in [7, 11) is 0. The predicted octanol–water partition coefficient (Wildman–Crippen LogP) is -2.04. The van der Waals surface area contributed by atoms with E-state index in [0.717, 1.165) is 0 Å². The Bertz CT molecular complexity index is 1910. The molecule has 2 aliphatic heterocycles. The number of thioether (sulfide) groups is 1. The molecular formula is C33H33N6NaO9S. The Morgan fingerprint density at radius 1 is 1.00 bits per heavy atom. The molecule has 0 aliphatic carbocycles. The molecule has 2 fully saturated rings. The van der Waals surface area contributed by atoms with E-state index in [2.05, 4.69) is 25.9 Å². The summed E-state index contributed by atoms with van der Waals surface area (Å²) in [5.74, 6) is -4.43. The number of benzene rings is 2. The minimum atomic E-state index is -1.39. The van der Waals surface area contributed by atoms with Gasteiger partial charge in [-0.25, -0.2) is 4.79 Å². The fraction of sp³-hybridized carbons (Fsp3) is 0.303. The number of pyridine rings is 1. The van der Waals surface area contributed by atoms with Crippen LogP contribution in [0, 0.1) is 0 Å². The van der Waals surface area contributed by atoms with Crippen LogP contribution in [0.15, 0.2) is 70.5 Å².